The Bertz CT molecular complexity index is 626. The molecule has 112 valence electrons. The first-order chi connectivity index (χ1) is 9.94. The molecule has 1 aromatic heterocycles. The van der Waals surface area contributed by atoms with Gasteiger partial charge in [0.15, 0.2) is 0 Å². The van der Waals surface area contributed by atoms with Crippen molar-refractivity contribution < 1.29 is 0 Å². The molecular formula is C16H21BrN4. The second kappa shape index (κ2) is 6.89. The molecule has 0 saturated carbocycles. The van der Waals surface area contributed by atoms with E-state index in [1.165, 1.54) is 5.56 Å². The lowest BCUT2D eigenvalue weighted by atomic mass is 10.2. The lowest BCUT2D eigenvalue weighted by Gasteiger charge is -2.12. The first-order valence-corrected chi connectivity index (χ1v) is 7.86. The predicted molar refractivity (Wildman–Crippen MR) is 92.3 cm³/mol. The zero-order valence-corrected chi connectivity index (χ0v) is 14.5. The lowest BCUT2D eigenvalue weighted by molar-refractivity contribution is 0.687. The summed E-state index contributed by atoms with van der Waals surface area (Å²) in [4.78, 5) is 8.94. The van der Waals surface area contributed by atoms with E-state index in [2.05, 4.69) is 63.4 Å². The fourth-order valence-corrected chi connectivity index (χ4v) is 2.12. The summed E-state index contributed by atoms with van der Waals surface area (Å²) in [6.07, 6.45) is 0. The molecular weight excluding hydrogens is 328 g/mol. The van der Waals surface area contributed by atoms with Crippen molar-refractivity contribution in [2.75, 3.05) is 17.2 Å². The van der Waals surface area contributed by atoms with E-state index >= 15 is 0 Å². The summed E-state index contributed by atoms with van der Waals surface area (Å²) in [6.45, 7) is 9.27. The smallest absolute Gasteiger partial charge is 0.229 e. The maximum atomic E-state index is 4.51. The standard InChI is InChI=1S/C16H21BrN4/c1-10(2)9-18-15-8-12(4)19-16(21-15)20-13-5-6-14(17)11(3)7-13/h5-8,10H,9H2,1-4H3,(H2,18,19,20,21). The Hall–Kier alpha value is -1.62. The Kier molecular flexibility index (Phi) is 5.17. The molecule has 5 heteroatoms. The second-order valence-corrected chi connectivity index (χ2v) is 6.44. The molecule has 0 fully saturated rings. The molecule has 1 heterocycles. The van der Waals surface area contributed by atoms with Gasteiger partial charge in [0.25, 0.3) is 0 Å². The number of benzene rings is 1. The first kappa shape index (κ1) is 15.8. The average Bonchev–Trinajstić information content (AvgIpc) is 2.40. The van der Waals surface area contributed by atoms with Crippen LogP contribution in [0, 0.1) is 19.8 Å². The predicted octanol–water partition coefficient (Wildman–Crippen LogP) is 4.67. The van der Waals surface area contributed by atoms with Gasteiger partial charge < -0.3 is 10.6 Å². The largest absolute Gasteiger partial charge is 0.370 e. The van der Waals surface area contributed by atoms with Crippen LogP contribution < -0.4 is 10.6 Å². The molecule has 0 saturated heterocycles. The van der Waals surface area contributed by atoms with Crippen LogP contribution in [0.2, 0.25) is 0 Å². The molecule has 2 aromatic rings. The quantitative estimate of drug-likeness (QED) is 0.824. The summed E-state index contributed by atoms with van der Waals surface area (Å²) < 4.78 is 1.09. The van der Waals surface area contributed by atoms with Crippen molar-refractivity contribution >= 4 is 33.4 Å². The summed E-state index contributed by atoms with van der Waals surface area (Å²) in [6, 6.07) is 8.05. The number of hydrogen-bond donors (Lipinski definition) is 2. The van der Waals surface area contributed by atoms with Crippen LogP contribution in [0.25, 0.3) is 0 Å². The number of hydrogen-bond acceptors (Lipinski definition) is 4. The topological polar surface area (TPSA) is 49.8 Å². The Balaban J connectivity index is 2.17. The molecule has 2 N–H and O–H groups in total. The van der Waals surface area contributed by atoms with Gasteiger partial charge in [0.05, 0.1) is 0 Å². The maximum absolute atomic E-state index is 4.51. The van der Waals surface area contributed by atoms with Crippen molar-refractivity contribution in [1.29, 1.82) is 0 Å². The van der Waals surface area contributed by atoms with Crippen LogP contribution in [-0.4, -0.2) is 16.5 Å². The highest BCUT2D eigenvalue weighted by molar-refractivity contribution is 9.10. The lowest BCUT2D eigenvalue weighted by Crippen LogP contribution is -2.10. The van der Waals surface area contributed by atoms with Gasteiger partial charge in [-0.05, 0) is 43.5 Å². The maximum Gasteiger partial charge on any atom is 0.229 e. The molecule has 0 amide bonds. The molecule has 0 bridgehead atoms. The monoisotopic (exact) mass is 348 g/mol. The van der Waals surface area contributed by atoms with Gasteiger partial charge >= 0.3 is 0 Å². The number of aromatic nitrogens is 2. The first-order valence-electron chi connectivity index (χ1n) is 7.07. The van der Waals surface area contributed by atoms with Gasteiger partial charge in [0.1, 0.15) is 5.82 Å². The highest BCUT2D eigenvalue weighted by atomic mass is 79.9. The molecule has 0 atom stereocenters. The molecule has 0 spiro atoms. The number of halogens is 1. The van der Waals surface area contributed by atoms with Crippen molar-refractivity contribution in [3.63, 3.8) is 0 Å². The minimum atomic E-state index is 0.575. The van der Waals surface area contributed by atoms with Crippen LogP contribution in [0.5, 0.6) is 0 Å². The molecule has 0 radical (unpaired) electrons. The number of anilines is 3. The van der Waals surface area contributed by atoms with Gasteiger partial charge in [0, 0.05) is 28.5 Å². The van der Waals surface area contributed by atoms with E-state index in [4.69, 9.17) is 0 Å². The van der Waals surface area contributed by atoms with Crippen molar-refractivity contribution in [1.82, 2.24) is 9.97 Å². The van der Waals surface area contributed by atoms with Crippen LogP contribution in [-0.2, 0) is 0 Å². The van der Waals surface area contributed by atoms with Crippen molar-refractivity contribution in [3.05, 3.63) is 40.0 Å². The third-order valence-corrected chi connectivity index (χ3v) is 3.85. The molecule has 0 aliphatic heterocycles. The highest BCUT2D eigenvalue weighted by Gasteiger charge is 2.04. The zero-order valence-electron chi connectivity index (χ0n) is 12.9. The molecule has 2 rings (SSSR count). The molecule has 0 aliphatic rings. The highest BCUT2D eigenvalue weighted by Crippen LogP contribution is 2.22. The third kappa shape index (κ3) is 4.70. The Morgan fingerprint density at radius 1 is 1.14 bits per heavy atom. The van der Waals surface area contributed by atoms with E-state index in [9.17, 15) is 0 Å². The van der Waals surface area contributed by atoms with E-state index in [1.807, 2.05) is 25.1 Å². The van der Waals surface area contributed by atoms with Crippen molar-refractivity contribution in [2.24, 2.45) is 5.92 Å². The van der Waals surface area contributed by atoms with Gasteiger partial charge in [-0.15, -0.1) is 0 Å². The fraction of sp³-hybridized carbons (Fsp3) is 0.375. The number of nitrogens with zero attached hydrogens (tertiary/aromatic N) is 2. The van der Waals surface area contributed by atoms with E-state index in [-0.39, 0.29) is 0 Å². The molecule has 0 unspecified atom stereocenters. The van der Waals surface area contributed by atoms with Gasteiger partial charge in [0.2, 0.25) is 5.95 Å². The van der Waals surface area contributed by atoms with Gasteiger partial charge in [-0.2, -0.15) is 4.98 Å². The normalized spacial score (nSPS) is 10.8. The Labute approximate surface area is 134 Å². The minimum absolute atomic E-state index is 0.575. The van der Waals surface area contributed by atoms with E-state index in [1.54, 1.807) is 0 Å². The molecule has 1 aromatic carbocycles. The molecule has 21 heavy (non-hydrogen) atoms. The van der Waals surface area contributed by atoms with Crippen LogP contribution in [0.3, 0.4) is 0 Å². The summed E-state index contributed by atoms with van der Waals surface area (Å²) in [5.41, 5.74) is 3.09. The fourth-order valence-electron chi connectivity index (χ4n) is 1.88. The number of aryl methyl sites for hydroxylation is 2. The minimum Gasteiger partial charge on any atom is -0.370 e. The Morgan fingerprint density at radius 2 is 1.90 bits per heavy atom. The molecule has 0 aliphatic carbocycles. The van der Waals surface area contributed by atoms with Gasteiger partial charge in [-0.25, -0.2) is 4.98 Å². The zero-order chi connectivity index (χ0) is 15.4. The number of nitrogens with one attached hydrogen (secondary N) is 2. The van der Waals surface area contributed by atoms with Gasteiger partial charge in [-0.3, -0.25) is 0 Å². The van der Waals surface area contributed by atoms with Crippen molar-refractivity contribution in [2.45, 2.75) is 27.7 Å². The van der Waals surface area contributed by atoms with Gasteiger partial charge in [-0.1, -0.05) is 29.8 Å². The summed E-state index contributed by atoms with van der Waals surface area (Å²) in [7, 11) is 0. The summed E-state index contributed by atoms with van der Waals surface area (Å²) in [5, 5.41) is 6.59. The third-order valence-electron chi connectivity index (χ3n) is 2.96. The van der Waals surface area contributed by atoms with E-state index in [0.717, 1.165) is 28.2 Å². The second-order valence-electron chi connectivity index (χ2n) is 5.58. The van der Waals surface area contributed by atoms with E-state index < -0.39 is 0 Å². The Morgan fingerprint density at radius 3 is 2.57 bits per heavy atom. The van der Waals surface area contributed by atoms with Crippen LogP contribution in [0.4, 0.5) is 17.5 Å². The number of rotatable bonds is 5. The van der Waals surface area contributed by atoms with Crippen LogP contribution in [0.1, 0.15) is 25.1 Å². The molecule has 4 nitrogen and oxygen atoms in total. The van der Waals surface area contributed by atoms with E-state index in [0.29, 0.717) is 11.9 Å². The van der Waals surface area contributed by atoms with Crippen LogP contribution in [0.15, 0.2) is 28.7 Å². The van der Waals surface area contributed by atoms with Crippen LogP contribution >= 0.6 is 15.9 Å². The SMILES string of the molecule is Cc1cc(NCC(C)C)nc(Nc2ccc(Br)c(C)c2)n1. The summed E-state index contributed by atoms with van der Waals surface area (Å²) in [5.74, 6) is 2.04. The summed E-state index contributed by atoms with van der Waals surface area (Å²) >= 11 is 3.50. The van der Waals surface area contributed by atoms with Crippen molar-refractivity contribution in [3.8, 4) is 0 Å². The average molecular weight is 349 g/mol.